The zero-order valence-electron chi connectivity index (χ0n) is 51.3. The van der Waals surface area contributed by atoms with E-state index in [-0.39, 0.29) is 153 Å². The minimum absolute atomic E-state index is 0. The molecular formula is C64H90B2Br2Cl4Mg2N4NaO. The van der Waals surface area contributed by atoms with Gasteiger partial charge in [-0.25, -0.2) is 0 Å². The third kappa shape index (κ3) is 27.5. The van der Waals surface area contributed by atoms with Crippen molar-refractivity contribution in [1.82, 2.24) is 0 Å². The van der Waals surface area contributed by atoms with Crippen molar-refractivity contribution in [3.05, 3.63) is 152 Å². The van der Waals surface area contributed by atoms with Crippen LogP contribution in [0.1, 0.15) is 182 Å². The molecule has 4 aliphatic carbocycles. The van der Waals surface area contributed by atoms with Gasteiger partial charge in [-0.05, 0) is 172 Å². The molecule has 0 aliphatic heterocycles. The summed E-state index contributed by atoms with van der Waals surface area (Å²) >= 11 is 23.6. The van der Waals surface area contributed by atoms with E-state index in [4.69, 9.17) is 68.2 Å². The fraction of sp³-hybridized carbons (Fsp3) is 0.547. The first-order chi connectivity index (χ1) is 35.0. The Bertz CT molecular complexity index is 2260. The molecule has 4 aliphatic rings. The van der Waals surface area contributed by atoms with Crippen molar-refractivity contribution in [3.8, 4) is 17.8 Å². The predicted octanol–water partition coefficient (Wildman–Crippen LogP) is 7.58. The summed E-state index contributed by atoms with van der Waals surface area (Å²) in [6, 6.07) is 35.1. The molecule has 16 heteroatoms. The molecule has 5 N–H and O–H groups in total. The maximum Gasteiger partial charge on any atom is 2.00 e. The van der Waals surface area contributed by atoms with Crippen LogP contribution in [-0.4, -0.2) is 92.4 Å². The first-order valence-corrected chi connectivity index (χ1v) is 28.5. The molecule has 425 valence electrons. The van der Waals surface area contributed by atoms with E-state index in [9.17, 15) is 5.41 Å². The maximum absolute atomic E-state index is 10.4. The van der Waals surface area contributed by atoms with Gasteiger partial charge < -0.3 is 64.3 Å². The average Bonchev–Trinajstić information content (AvgIpc) is 3.28. The third-order valence-electron chi connectivity index (χ3n) is 14.9. The monoisotopic (exact) mass is 1320 g/mol. The number of nitrogens with two attached hydrogens (primary N) is 2. The van der Waals surface area contributed by atoms with Crippen molar-refractivity contribution in [2.45, 2.75) is 192 Å². The summed E-state index contributed by atoms with van der Waals surface area (Å²) in [5, 5.41) is 29.6. The summed E-state index contributed by atoms with van der Waals surface area (Å²) in [5.41, 5.74) is 18.8. The van der Waals surface area contributed by atoms with Crippen LogP contribution in [0.15, 0.2) is 97.1 Å². The topological polar surface area (TPSA) is 118 Å². The smallest absolute Gasteiger partial charge is 1.00 e. The number of aliphatic hydroxyl groups excluding tert-OH is 1. The number of aliphatic hydroxyl groups is 1. The Morgan fingerprint density at radius 1 is 0.588 bits per heavy atom. The van der Waals surface area contributed by atoms with Gasteiger partial charge in [0.25, 0.3) is 0 Å². The largest absolute Gasteiger partial charge is 2.00 e. The van der Waals surface area contributed by atoms with Crippen molar-refractivity contribution in [3.63, 3.8) is 0 Å². The Kier molecular flexibility index (Phi) is 50.7. The summed E-state index contributed by atoms with van der Waals surface area (Å²) in [5.74, 6) is 7.05. The van der Waals surface area contributed by atoms with Crippen LogP contribution in [0.4, 0.5) is 0 Å². The van der Waals surface area contributed by atoms with E-state index < -0.39 is 0 Å². The van der Waals surface area contributed by atoms with E-state index in [0.29, 0.717) is 29.4 Å². The van der Waals surface area contributed by atoms with Gasteiger partial charge >= 0.3 is 75.7 Å². The molecule has 8 rings (SSSR count). The summed E-state index contributed by atoms with van der Waals surface area (Å²) in [6.45, 7) is 22.7. The van der Waals surface area contributed by atoms with Gasteiger partial charge in [0.05, 0.1) is 11.5 Å². The van der Waals surface area contributed by atoms with Crippen LogP contribution in [0.3, 0.4) is 0 Å². The molecule has 2 atom stereocenters. The van der Waals surface area contributed by atoms with Gasteiger partial charge in [0.1, 0.15) is 0 Å². The first kappa shape index (κ1) is 89.0. The summed E-state index contributed by atoms with van der Waals surface area (Å²) < 4.78 is 0. The van der Waals surface area contributed by atoms with Crippen LogP contribution in [0.25, 0.3) is 5.41 Å². The van der Waals surface area contributed by atoms with Gasteiger partial charge in [0.15, 0.2) is 7.85 Å². The molecule has 0 amide bonds. The van der Waals surface area contributed by atoms with E-state index in [1.807, 2.05) is 60.7 Å². The van der Waals surface area contributed by atoms with Crippen LogP contribution in [-0.2, 0) is 21.7 Å². The third-order valence-corrected chi connectivity index (χ3v) is 15.9. The molecule has 4 fully saturated rings. The molecule has 80 heavy (non-hydrogen) atoms. The van der Waals surface area contributed by atoms with Gasteiger partial charge in [0, 0.05) is 58.5 Å². The number of hydrogen-bond donors (Lipinski definition) is 3. The molecule has 0 spiro atoms. The summed E-state index contributed by atoms with van der Waals surface area (Å²) in [6.07, 6.45) is 17.0. The van der Waals surface area contributed by atoms with Crippen LogP contribution >= 0.6 is 46.4 Å². The molecule has 0 heterocycles. The Morgan fingerprint density at radius 3 is 1.04 bits per heavy atom. The number of nitrogens with zero attached hydrogens (tertiary/aromatic N) is 2. The normalized spacial score (nSPS) is 16.1. The second kappa shape index (κ2) is 45.5. The summed E-state index contributed by atoms with van der Waals surface area (Å²) in [7, 11) is 5.67. The van der Waals surface area contributed by atoms with Gasteiger partial charge in [-0.2, -0.15) is 22.7 Å². The number of nitriles is 1. The molecule has 0 saturated heterocycles. The number of halogens is 6. The molecule has 4 aromatic carbocycles. The number of rotatable bonds is 13. The second-order valence-corrected chi connectivity index (χ2v) is 24.1. The zero-order chi connectivity index (χ0) is 55.7. The molecule has 5 nitrogen and oxygen atoms in total. The van der Waals surface area contributed by atoms with Gasteiger partial charge in [-0.1, -0.05) is 176 Å². The zero-order valence-corrected chi connectivity index (χ0v) is 61.4. The van der Waals surface area contributed by atoms with Gasteiger partial charge in [-0.15, -0.1) is 5.92 Å². The van der Waals surface area contributed by atoms with E-state index in [0.717, 1.165) is 84.1 Å². The molecular weight excluding hydrogens is 1240 g/mol. The minimum atomic E-state index is -0.204. The van der Waals surface area contributed by atoms with Crippen molar-refractivity contribution in [2.75, 3.05) is 7.11 Å². The molecule has 4 saturated carbocycles. The second-order valence-electron chi connectivity index (χ2n) is 22.3. The number of hydrogen-bond acceptors (Lipinski definition) is 4. The number of benzene rings is 4. The Labute approximate surface area is 587 Å². The summed E-state index contributed by atoms with van der Waals surface area (Å²) in [4.78, 5) is 0. The minimum Gasteiger partial charge on any atom is -1.00 e. The molecule has 2 unspecified atom stereocenters. The van der Waals surface area contributed by atoms with Crippen LogP contribution in [0.2, 0.25) is 20.1 Å². The SMILES string of the molecule is CC(C)CC(=[N-])C1(c2ccc(Cl)cc2)CCC1.CC(C)CC(N)C1(c2ccc(Cl)cc2)CCC1.CC(C)CC(N)C1(c2ccc(Cl)cc2)CCC1.CO.N#CC1(c2ccc(Cl)cc2)CCC1.[B].[B]C#CC.[Br-].[Br-].[CH2-]C(C)C.[H-].[Mg+2].[Mg+2].[Na+]. The van der Waals surface area contributed by atoms with E-state index >= 15 is 0 Å². The Balaban J connectivity index is -0.000000214. The Morgan fingerprint density at radius 2 is 0.850 bits per heavy atom. The van der Waals surface area contributed by atoms with Crippen molar-refractivity contribution < 1.29 is 70.1 Å². The molecule has 0 bridgehead atoms. The van der Waals surface area contributed by atoms with Crippen molar-refractivity contribution >= 4 is 114 Å². The molecule has 0 aromatic heterocycles. The van der Waals surface area contributed by atoms with E-state index in [2.05, 4.69) is 124 Å². The predicted molar refractivity (Wildman–Crippen MR) is 342 cm³/mol. The van der Waals surface area contributed by atoms with Gasteiger partial charge in [-0.3, -0.25) is 0 Å². The van der Waals surface area contributed by atoms with E-state index in [1.165, 1.54) is 61.6 Å². The van der Waals surface area contributed by atoms with Crippen molar-refractivity contribution in [2.24, 2.45) is 35.1 Å². The standard InChI is InChI=1S/2C15H22ClN.C15H19ClN.C11H10ClN.C4H9.C3H3B.CH4O.B.2BrH.2Mg.Na.H/c3*1-11(2)10-14(17)15(8-3-9-15)12-4-6-13(16)7-5-12;12-10-4-2-9(3-5-10)11(8-13)6-1-7-11;1-4(2)3;1-2-3-4;1-2;;;;;;;/h2*4-7,11,14H,3,8-10,17H2,1-2H3;4-7,11H,3,8-10H2,1-2H3;2-5H,1,6-7H2;4H,1H2,2-3H3;1H3;2H,1H3;;2*1H;;;;/q;;-1;;-1;;;;;;2*+2;+1;-1/p-2. The molecule has 5 radical (unpaired) electrons. The maximum atomic E-state index is 10.4. The molecule has 4 aromatic rings. The quantitative estimate of drug-likeness (QED) is 0.0555. The van der Waals surface area contributed by atoms with Crippen molar-refractivity contribution in [1.29, 1.82) is 5.26 Å². The van der Waals surface area contributed by atoms with E-state index in [1.54, 1.807) is 6.92 Å². The van der Waals surface area contributed by atoms with Crippen LogP contribution in [0.5, 0.6) is 0 Å². The van der Waals surface area contributed by atoms with Crippen LogP contribution in [0, 0.1) is 53.7 Å². The van der Waals surface area contributed by atoms with Crippen LogP contribution < -0.4 is 75.0 Å². The fourth-order valence-electron chi connectivity index (χ4n) is 10.3. The fourth-order valence-corrected chi connectivity index (χ4v) is 10.8. The first-order valence-electron chi connectivity index (χ1n) is 27.0. The van der Waals surface area contributed by atoms with Gasteiger partial charge in [0.2, 0.25) is 0 Å². The Hall–Kier alpha value is 0.262. The average molecular weight is 1330 g/mol.